The van der Waals surface area contributed by atoms with E-state index in [1.54, 1.807) is 24.3 Å². The second-order valence-corrected chi connectivity index (χ2v) is 7.35. The average Bonchev–Trinajstić information content (AvgIpc) is 2.80. The topological polar surface area (TPSA) is 116 Å². The number of hydrogen-bond acceptors (Lipinski definition) is 4. The fraction of sp³-hybridized carbons (Fsp3) is 0.160. The van der Waals surface area contributed by atoms with E-state index in [0.29, 0.717) is 0 Å². The van der Waals surface area contributed by atoms with Crippen molar-refractivity contribution in [3.63, 3.8) is 0 Å². The summed E-state index contributed by atoms with van der Waals surface area (Å²) >= 11 is 0. The van der Waals surface area contributed by atoms with E-state index in [9.17, 15) is 24.6 Å². The molecule has 0 fully saturated rings. The van der Waals surface area contributed by atoms with Gasteiger partial charge in [-0.25, -0.2) is 4.79 Å². The van der Waals surface area contributed by atoms with Gasteiger partial charge in [0.1, 0.15) is 17.8 Å². The van der Waals surface area contributed by atoms with Crippen LogP contribution in [-0.2, 0) is 22.4 Å². The van der Waals surface area contributed by atoms with Gasteiger partial charge < -0.3 is 20.8 Å². The summed E-state index contributed by atoms with van der Waals surface area (Å²) in [6.45, 7) is 0. The van der Waals surface area contributed by atoms with Crippen molar-refractivity contribution < 1.29 is 24.6 Å². The zero-order valence-electron chi connectivity index (χ0n) is 17.3. The summed E-state index contributed by atoms with van der Waals surface area (Å²) in [6, 6.07) is 21.6. The SMILES string of the molecule is O=C(N[C@@H](Cc1ccccc1)C(=O)N[C@@H](Cc1ccccc1)C(=O)O)c1ccc(O)cc1.[NaH]. The number of phenols is 1. The number of phenolic OH excluding ortho intramolecular Hbond substituents is 1. The third kappa shape index (κ3) is 8.05. The van der Waals surface area contributed by atoms with E-state index in [-0.39, 0.29) is 53.7 Å². The first-order chi connectivity index (χ1) is 15.4. The van der Waals surface area contributed by atoms with Crippen molar-refractivity contribution in [3.8, 4) is 5.75 Å². The average molecular weight is 456 g/mol. The molecule has 3 rings (SSSR count). The van der Waals surface area contributed by atoms with Crippen LogP contribution in [0.15, 0.2) is 84.9 Å². The van der Waals surface area contributed by atoms with Crippen LogP contribution in [-0.4, -0.2) is 69.6 Å². The summed E-state index contributed by atoms with van der Waals surface area (Å²) in [7, 11) is 0. The first-order valence-electron chi connectivity index (χ1n) is 10.1. The Morgan fingerprint density at radius 1 is 0.697 bits per heavy atom. The third-order valence-electron chi connectivity index (χ3n) is 4.93. The van der Waals surface area contributed by atoms with Gasteiger partial charge in [-0.3, -0.25) is 9.59 Å². The molecule has 0 aromatic heterocycles. The van der Waals surface area contributed by atoms with Crippen LogP contribution in [0.2, 0.25) is 0 Å². The van der Waals surface area contributed by atoms with Crippen molar-refractivity contribution >= 4 is 47.3 Å². The van der Waals surface area contributed by atoms with E-state index in [2.05, 4.69) is 10.6 Å². The number of benzene rings is 3. The summed E-state index contributed by atoms with van der Waals surface area (Å²) in [5.41, 5.74) is 1.86. The molecule has 8 heteroatoms. The molecular formula is C25H25N2NaO5. The van der Waals surface area contributed by atoms with Crippen LogP contribution in [0.5, 0.6) is 5.75 Å². The number of carbonyl (C=O) groups excluding carboxylic acids is 2. The number of carboxylic acids is 1. The second-order valence-electron chi connectivity index (χ2n) is 7.35. The number of aliphatic carboxylic acids is 1. The molecule has 2 atom stereocenters. The monoisotopic (exact) mass is 456 g/mol. The Labute approximate surface area is 214 Å². The van der Waals surface area contributed by atoms with E-state index in [0.717, 1.165) is 11.1 Å². The molecule has 7 nitrogen and oxygen atoms in total. The van der Waals surface area contributed by atoms with Gasteiger partial charge in [-0.05, 0) is 35.4 Å². The Balaban J connectivity index is 0.00000385. The van der Waals surface area contributed by atoms with Gasteiger partial charge in [0.25, 0.3) is 5.91 Å². The van der Waals surface area contributed by atoms with Gasteiger partial charge in [0, 0.05) is 18.4 Å². The van der Waals surface area contributed by atoms with E-state index in [1.807, 2.05) is 36.4 Å². The van der Waals surface area contributed by atoms with Gasteiger partial charge in [0.15, 0.2) is 0 Å². The molecule has 0 aliphatic rings. The van der Waals surface area contributed by atoms with Crippen LogP contribution in [0.1, 0.15) is 21.5 Å². The Kier molecular flexibility index (Phi) is 10.1. The van der Waals surface area contributed by atoms with Crippen LogP contribution in [0.3, 0.4) is 0 Å². The molecule has 3 aromatic carbocycles. The van der Waals surface area contributed by atoms with Gasteiger partial charge in [-0.1, -0.05) is 60.7 Å². The first-order valence-corrected chi connectivity index (χ1v) is 10.1. The fourth-order valence-corrected chi connectivity index (χ4v) is 3.24. The number of rotatable bonds is 9. The van der Waals surface area contributed by atoms with E-state index in [4.69, 9.17) is 0 Å². The quantitative estimate of drug-likeness (QED) is 0.367. The Bertz CT molecular complexity index is 1060. The van der Waals surface area contributed by atoms with Crippen molar-refractivity contribution in [3.05, 3.63) is 102 Å². The zero-order valence-corrected chi connectivity index (χ0v) is 17.3. The molecule has 3 aromatic rings. The van der Waals surface area contributed by atoms with Gasteiger partial charge in [-0.2, -0.15) is 0 Å². The van der Waals surface area contributed by atoms with E-state index in [1.165, 1.54) is 24.3 Å². The molecule has 0 saturated heterocycles. The molecule has 0 aliphatic carbocycles. The molecule has 0 spiro atoms. The molecule has 0 unspecified atom stereocenters. The first kappa shape index (κ1) is 26.1. The predicted octanol–water partition coefficient (Wildman–Crippen LogP) is 1.90. The summed E-state index contributed by atoms with van der Waals surface area (Å²) in [5.74, 6) is -2.24. The minimum atomic E-state index is -1.16. The van der Waals surface area contributed by atoms with Crippen LogP contribution in [0, 0.1) is 0 Å². The number of aromatic hydroxyl groups is 1. The molecule has 33 heavy (non-hydrogen) atoms. The van der Waals surface area contributed by atoms with Gasteiger partial charge in [0.2, 0.25) is 5.91 Å². The molecule has 166 valence electrons. The number of nitrogens with one attached hydrogen (secondary N) is 2. The van der Waals surface area contributed by atoms with Crippen LogP contribution in [0.25, 0.3) is 0 Å². The molecule has 0 saturated carbocycles. The van der Waals surface area contributed by atoms with Crippen molar-refractivity contribution in [1.29, 1.82) is 0 Å². The molecule has 4 N–H and O–H groups in total. The number of carbonyl (C=O) groups is 3. The molecule has 0 heterocycles. The van der Waals surface area contributed by atoms with Gasteiger partial charge >= 0.3 is 35.5 Å². The maximum absolute atomic E-state index is 13.0. The van der Waals surface area contributed by atoms with Crippen LogP contribution < -0.4 is 10.6 Å². The minimum absolute atomic E-state index is 0. The maximum atomic E-state index is 13.0. The molecular weight excluding hydrogens is 431 g/mol. The summed E-state index contributed by atoms with van der Waals surface area (Å²) in [6.07, 6.45) is 0.306. The van der Waals surface area contributed by atoms with Gasteiger partial charge in [0.05, 0.1) is 0 Å². The summed E-state index contributed by atoms with van der Waals surface area (Å²) in [4.78, 5) is 37.5. The van der Waals surface area contributed by atoms with Crippen molar-refractivity contribution in [2.45, 2.75) is 24.9 Å². The Hall–Kier alpha value is -3.13. The van der Waals surface area contributed by atoms with Crippen LogP contribution >= 0.6 is 0 Å². The standard InChI is InChI=1S/C25H24N2O5.Na.H/c28-20-13-11-19(12-14-20)23(29)26-21(15-17-7-3-1-4-8-17)24(30)27-22(25(31)32)16-18-9-5-2-6-10-18;;/h1-14,21-22,28H,15-16H2,(H,26,29)(H,27,30)(H,31,32);;/t21-,22-;;/m0../s1. The normalized spacial score (nSPS) is 12.0. The number of amides is 2. The Morgan fingerprint density at radius 3 is 1.67 bits per heavy atom. The molecule has 0 aliphatic heterocycles. The zero-order chi connectivity index (χ0) is 22.9. The number of hydrogen-bond donors (Lipinski definition) is 4. The summed E-state index contributed by atoms with van der Waals surface area (Å²) < 4.78 is 0. The Morgan fingerprint density at radius 2 is 1.18 bits per heavy atom. The molecule has 0 bridgehead atoms. The second kappa shape index (κ2) is 12.8. The van der Waals surface area contributed by atoms with Crippen molar-refractivity contribution in [1.82, 2.24) is 10.6 Å². The van der Waals surface area contributed by atoms with Crippen molar-refractivity contribution in [2.24, 2.45) is 0 Å². The predicted molar refractivity (Wildman–Crippen MR) is 126 cm³/mol. The van der Waals surface area contributed by atoms with Gasteiger partial charge in [-0.15, -0.1) is 0 Å². The third-order valence-corrected chi connectivity index (χ3v) is 4.93. The van der Waals surface area contributed by atoms with E-state index >= 15 is 0 Å². The molecule has 2 amide bonds. The fourth-order valence-electron chi connectivity index (χ4n) is 3.24. The van der Waals surface area contributed by atoms with Crippen molar-refractivity contribution in [2.75, 3.05) is 0 Å². The summed E-state index contributed by atoms with van der Waals surface area (Å²) in [5, 5.41) is 24.3. The molecule has 0 radical (unpaired) electrons. The van der Waals surface area contributed by atoms with E-state index < -0.39 is 29.9 Å². The van der Waals surface area contributed by atoms with Crippen LogP contribution in [0.4, 0.5) is 0 Å². The number of carboxylic acid groups (broad SMARTS) is 1.